The molecule has 1 unspecified atom stereocenters. The molecule has 0 fully saturated rings. The standard InChI is InChI=1S/C21H19F3N4O/c1-20(21(23,24)11-29-19(26)28-20)16-8-12(2-5-17(16)22)6-14-3-4-15-7-13(9-25)10-27-18(14)15/h2,5,7-8,10,14H,3-4,6,11H2,1H3,(H2,26,28)/t14?,20-/m1/s1. The van der Waals surface area contributed by atoms with Crippen LogP contribution in [0.4, 0.5) is 13.2 Å². The Hall–Kier alpha value is -3.08. The van der Waals surface area contributed by atoms with Gasteiger partial charge in [0.1, 0.15) is 11.9 Å². The maximum Gasteiger partial charge on any atom is 0.310 e. The average molecular weight is 400 g/mol. The molecule has 2 atom stereocenters. The van der Waals surface area contributed by atoms with Crippen LogP contribution in [0.3, 0.4) is 0 Å². The van der Waals surface area contributed by atoms with Gasteiger partial charge < -0.3 is 10.5 Å². The first-order chi connectivity index (χ1) is 13.7. The van der Waals surface area contributed by atoms with Crippen molar-refractivity contribution in [3.05, 3.63) is 64.2 Å². The maximum atomic E-state index is 14.6. The number of nitrogens with two attached hydrogens (primary N) is 1. The normalized spacial score (nSPS) is 24.9. The van der Waals surface area contributed by atoms with Gasteiger partial charge in [0.2, 0.25) is 0 Å². The fourth-order valence-corrected chi connectivity index (χ4v) is 4.07. The lowest BCUT2D eigenvalue weighted by atomic mass is 9.83. The van der Waals surface area contributed by atoms with E-state index in [1.54, 1.807) is 6.07 Å². The molecule has 150 valence electrons. The molecule has 29 heavy (non-hydrogen) atoms. The lowest BCUT2D eigenvalue weighted by molar-refractivity contribution is -0.117. The lowest BCUT2D eigenvalue weighted by Gasteiger charge is -2.37. The number of hydrogen-bond donors (Lipinski definition) is 1. The van der Waals surface area contributed by atoms with Crippen molar-refractivity contribution in [1.29, 1.82) is 5.26 Å². The summed E-state index contributed by atoms with van der Waals surface area (Å²) < 4.78 is 48.5. The number of aryl methyl sites for hydroxylation is 1. The van der Waals surface area contributed by atoms with E-state index in [-0.39, 0.29) is 17.5 Å². The van der Waals surface area contributed by atoms with Crippen molar-refractivity contribution < 1.29 is 17.9 Å². The number of aromatic nitrogens is 1. The summed E-state index contributed by atoms with van der Waals surface area (Å²) in [7, 11) is 0. The minimum Gasteiger partial charge on any atom is -0.459 e. The maximum absolute atomic E-state index is 14.6. The molecule has 1 aromatic carbocycles. The third kappa shape index (κ3) is 3.20. The largest absolute Gasteiger partial charge is 0.459 e. The van der Waals surface area contributed by atoms with Crippen LogP contribution in [0.15, 0.2) is 35.5 Å². The average Bonchev–Trinajstić information content (AvgIpc) is 3.08. The molecule has 5 nitrogen and oxygen atoms in total. The Morgan fingerprint density at radius 1 is 1.34 bits per heavy atom. The van der Waals surface area contributed by atoms with Crippen LogP contribution in [0.25, 0.3) is 0 Å². The molecule has 1 aromatic heterocycles. The number of hydrogen-bond acceptors (Lipinski definition) is 5. The van der Waals surface area contributed by atoms with Crippen LogP contribution in [0, 0.1) is 17.1 Å². The number of alkyl halides is 2. The summed E-state index contributed by atoms with van der Waals surface area (Å²) >= 11 is 0. The topological polar surface area (TPSA) is 84.3 Å². The first-order valence-electron chi connectivity index (χ1n) is 9.27. The Morgan fingerprint density at radius 3 is 2.90 bits per heavy atom. The van der Waals surface area contributed by atoms with Crippen molar-refractivity contribution in [3.8, 4) is 6.07 Å². The van der Waals surface area contributed by atoms with Gasteiger partial charge in [-0.05, 0) is 49.4 Å². The van der Waals surface area contributed by atoms with Crippen molar-refractivity contribution in [2.24, 2.45) is 10.7 Å². The molecule has 8 heteroatoms. The van der Waals surface area contributed by atoms with Crippen LogP contribution in [0.1, 0.15) is 47.2 Å². The van der Waals surface area contributed by atoms with Gasteiger partial charge in [0.25, 0.3) is 6.02 Å². The second-order valence-corrected chi connectivity index (χ2v) is 7.65. The number of rotatable bonds is 3. The van der Waals surface area contributed by atoms with Crippen LogP contribution >= 0.6 is 0 Å². The first-order valence-corrected chi connectivity index (χ1v) is 9.27. The SMILES string of the molecule is C[C@]1(c2cc(CC3CCc4cc(C#N)cnc43)ccc2F)N=C(N)OCC1(F)F. The fraction of sp³-hybridized carbons (Fsp3) is 0.381. The summed E-state index contributed by atoms with van der Waals surface area (Å²) in [5, 5.41) is 9.02. The highest BCUT2D eigenvalue weighted by Gasteiger charge is 2.56. The summed E-state index contributed by atoms with van der Waals surface area (Å²) in [4.78, 5) is 8.18. The van der Waals surface area contributed by atoms with E-state index in [4.69, 9.17) is 11.0 Å². The van der Waals surface area contributed by atoms with E-state index in [0.717, 1.165) is 24.1 Å². The summed E-state index contributed by atoms with van der Waals surface area (Å²) in [6.07, 6.45) is 3.69. The van der Waals surface area contributed by atoms with Gasteiger partial charge in [0.05, 0.1) is 5.56 Å². The van der Waals surface area contributed by atoms with Gasteiger partial charge in [-0.2, -0.15) is 14.0 Å². The zero-order valence-corrected chi connectivity index (χ0v) is 15.8. The monoisotopic (exact) mass is 400 g/mol. The molecular weight excluding hydrogens is 381 g/mol. The smallest absolute Gasteiger partial charge is 0.310 e. The molecule has 1 aliphatic heterocycles. The highest BCUT2D eigenvalue weighted by atomic mass is 19.3. The van der Waals surface area contributed by atoms with Crippen LogP contribution < -0.4 is 5.73 Å². The lowest BCUT2D eigenvalue weighted by Crippen LogP contribution is -2.51. The van der Waals surface area contributed by atoms with E-state index in [1.807, 2.05) is 6.07 Å². The Labute approximate surface area is 166 Å². The van der Waals surface area contributed by atoms with Crippen molar-refractivity contribution in [2.45, 2.75) is 43.6 Å². The molecule has 4 rings (SSSR count). The minimum atomic E-state index is -3.41. The highest BCUT2D eigenvalue weighted by Crippen LogP contribution is 2.45. The fourth-order valence-electron chi connectivity index (χ4n) is 4.07. The van der Waals surface area contributed by atoms with E-state index in [0.29, 0.717) is 17.5 Å². The second kappa shape index (κ2) is 6.76. The van der Waals surface area contributed by atoms with E-state index in [2.05, 4.69) is 20.8 Å². The number of nitriles is 1. The molecule has 0 spiro atoms. The van der Waals surface area contributed by atoms with Gasteiger partial charge in [0.15, 0.2) is 12.1 Å². The first kappa shape index (κ1) is 19.2. The van der Waals surface area contributed by atoms with Crippen molar-refractivity contribution in [1.82, 2.24) is 4.98 Å². The van der Waals surface area contributed by atoms with Crippen molar-refractivity contribution in [2.75, 3.05) is 6.61 Å². The number of aliphatic imine (C=N–C) groups is 1. The zero-order chi connectivity index (χ0) is 20.8. The summed E-state index contributed by atoms with van der Waals surface area (Å²) in [5.74, 6) is -4.10. The van der Waals surface area contributed by atoms with Gasteiger partial charge in [-0.15, -0.1) is 0 Å². The molecule has 0 saturated heterocycles. The Balaban J connectivity index is 1.68. The quantitative estimate of drug-likeness (QED) is 0.854. The molecule has 0 saturated carbocycles. The van der Waals surface area contributed by atoms with Crippen LogP contribution in [-0.4, -0.2) is 23.5 Å². The molecule has 2 aromatic rings. The summed E-state index contributed by atoms with van der Waals surface area (Å²) in [5.41, 5.74) is 6.30. The predicted octanol–water partition coefficient (Wildman–Crippen LogP) is 3.56. The molecule has 2 aliphatic rings. The van der Waals surface area contributed by atoms with E-state index in [1.165, 1.54) is 25.3 Å². The molecule has 2 N–H and O–H groups in total. The minimum absolute atomic E-state index is 0.0765. The van der Waals surface area contributed by atoms with Crippen molar-refractivity contribution in [3.63, 3.8) is 0 Å². The van der Waals surface area contributed by atoms with Crippen LogP contribution in [0.2, 0.25) is 0 Å². The Kier molecular flexibility index (Phi) is 4.49. The van der Waals surface area contributed by atoms with Gasteiger partial charge in [-0.25, -0.2) is 9.38 Å². The Morgan fingerprint density at radius 2 is 2.14 bits per heavy atom. The molecule has 0 radical (unpaired) electrons. The number of fused-ring (bicyclic) bond motifs is 1. The van der Waals surface area contributed by atoms with Gasteiger partial charge in [0, 0.05) is 23.4 Å². The molecule has 1 aliphatic carbocycles. The van der Waals surface area contributed by atoms with E-state index in [9.17, 15) is 13.2 Å². The molecule has 2 heterocycles. The number of ether oxygens (including phenoxy) is 1. The zero-order valence-electron chi connectivity index (χ0n) is 15.8. The van der Waals surface area contributed by atoms with Crippen LogP contribution in [0.5, 0.6) is 0 Å². The second-order valence-electron chi connectivity index (χ2n) is 7.65. The Bertz CT molecular complexity index is 1050. The number of nitrogens with zero attached hydrogens (tertiary/aromatic N) is 3. The number of halogens is 3. The van der Waals surface area contributed by atoms with Crippen LogP contribution in [-0.2, 0) is 23.1 Å². The third-order valence-electron chi connectivity index (χ3n) is 5.76. The van der Waals surface area contributed by atoms with Gasteiger partial charge >= 0.3 is 5.92 Å². The van der Waals surface area contributed by atoms with Gasteiger partial charge in [-0.1, -0.05) is 12.1 Å². The van der Waals surface area contributed by atoms with E-state index < -0.39 is 23.9 Å². The molecule has 0 bridgehead atoms. The van der Waals surface area contributed by atoms with E-state index >= 15 is 0 Å². The number of pyridine rings is 1. The molecular formula is C21H19F3N4O. The van der Waals surface area contributed by atoms with Gasteiger partial charge in [-0.3, -0.25) is 4.98 Å². The number of benzene rings is 1. The third-order valence-corrected chi connectivity index (χ3v) is 5.76. The van der Waals surface area contributed by atoms with Crippen molar-refractivity contribution >= 4 is 6.02 Å². The number of amidine groups is 1. The predicted molar refractivity (Wildman–Crippen MR) is 100.0 cm³/mol. The summed E-state index contributed by atoms with van der Waals surface area (Å²) in [6, 6.07) is 7.75. The summed E-state index contributed by atoms with van der Waals surface area (Å²) in [6.45, 7) is 0.212. The molecule has 0 amide bonds. The highest BCUT2D eigenvalue weighted by molar-refractivity contribution is 5.73.